The zero-order valence-corrected chi connectivity index (χ0v) is 17.1. The third-order valence-electron chi connectivity index (χ3n) is 6.08. The minimum Gasteiger partial charge on any atom is -0.370 e. The molecule has 31 heavy (non-hydrogen) atoms. The molecule has 6 heteroatoms. The Hall–Kier alpha value is -3.67. The van der Waals surface area contributed by atoms with Gasteiger partial charge in [0.15, 0.2) is 5.78 Å². The van der Waals surface area contributed by atoms with Crippen LogP contribution < -0.4 is 10.2 Å². The van der Waals surface area contributed by atoms with Crippen molar-refractivity contribution in [2.75, 3.05) is 18.0 Å². The van der Waals surface area contributed by atoms with Gasteiger partial charge in [-0.15, -0.1) is 0 Å². The summed E-state index contributed by atoms with van der Waals surface area (Å²) in [4.78, 5) is 42.2. The number of nitrogens with zero attached hydrogens (tertiary/aromatic N) is 2. The highest BCUT2D eigenvalue weighted by Crippen LogP contribution is 2.34. The summed E-state index contributed by atoms with van der Waals surface area (Å²) in [6.45, 7) is 1.24. The first-order chi connectivity index (χ1) is 15.1. The lowest BCUT2D eigenvalue weighted by atomic mass is 10.1. The molecular formula is C25H23N3O3. The van der Waals surface area contributed by atoms with E-state index in [9.17, 15) is 14.4 Å². The third-order valence-corrected chi connectivity index (χ3v) is 6.08. The highest BCUT2D eigenvalue weighted by atomic mass is 16.2. The van der Waals surface area contributed by atoms with Crippen molar-refractivity contribution >= 4 is 29.4 Å². The first-order valence-electron chi connectivity index (χ1n) is 10.6. The monoisotopic (exact) mass is 413 g/mol. The number of rotatable bonds is 3. The molecule has 0 aromatic heterocycles. The summed E-state index contributed by atoms with van der Waals surface area (Å²) in [5.41, 5.74) is 3.08. The molecule has 3 aliphatic rings. The Balaban J connectivity index is 1.42. The number of anilines is 1. The van der Waals surface area contributed by atoms with Crippen LogP contribution in [0.2, 0.25) is 0 Å². The summed E-state index contributed by atoms with van der Waals surface area (Å²) in [7, 11) is 0. The van der Waals surface area contributed by atoms with Gasteiger partial charge < -0.3 is 10.2 Å². The van der Waals surface area contributed by atoms with Gasteiger partial charge in [-0.3, -0.25) is 14.4 Å². The topological polar surface area (TPSA) is 69.7 Å². The Morgan fingerprint density at radius 2 is 1.61 bits per heavy atom. The summed E-state index contributed by atoms with van der Waals surface area (Å²) in [6, 6.07) is 18.2. The molecule has 0 bridgehead atoms. The molecule has 156 valence electrons. The number of Topliss-reactive ketones (excluding diaryl/α,β-unsaturated/α-hetero) is 1. The number of benzene rings is 2. The fourth-order valence-corrected chi connectivity index (χ4v) is 4.60. The average molecular weight is 413 g/mol. The number of carbonyl (C=O) groups is 3. The lowest BCUT2D eigenvalue weighted by Gasteiger charge is -2.26. The number of para-hydroxylation sites is 1. The largest absolute Gasteiger partial charge is 0.370 e. The first-order valence-corrected chi connectivity index (χ1v) is 10.6. The van der Waals surface area contributed by atoms with Crippen molar-refractivity contribution in [1.82, 2.24) is 10.2 Å². The van der Waals surface area contributed by atoms with E-state index >= 15 is 0 Å². The lowest BCUT2D eigenvalue weighted by molar-refractivity contribution is -0.122. The molecule has 0 radical (unpaired) electrons. The van der Waals surface area contributed by atoms with Crippen LogP contribution in [0.25, 0.3) is 6.08 Å². The fraction of sp³-hybridized carbons (Fsp3) is 0.240. The van der Waals surface area contributed by atoms with Crippen LogP contribution >= 0.6 is 0 Å². The van der Waals surface area contributed by atoms with E-state index in [1.807, 2.05) is 59.5 Å². The predicted molar refractivity (Wildman–Crippen MR) is 118 cm³/mol. The molecule has 2 aromatic carbocycles. The molecule has 1 N–H and O–H groups in total. The van der Waals surface area contributed by atoms with Crippen LogP contribution in [0.4, 0.5) is 5.69 Å². The van der Waals surface area contributed by atoms with Crippen LogP contribution in [-0.4, -0.2) is 41.6 Å². The molecule has 3 fully saturated rings. The molecule has 1 saturated carbocycles. The van der Waals surface area contributed by atoms with Gasteiger partial charge in [0, 0.05) is 24.2 Å². The van der Waals surface area contributed by atoms with Crippen LogP contribution in [0.1, 0.15) is 24.8 Å². The van der Waals surface area contributed by atoms with Crippen molar-refractivity contribution in [2.24, 2.45) is 0 Å². The Morgan fingerprint density at radius 3 is 2.35 bits per heavy atom. The van der Waals surface area contributed by atoms with Gasteiger partial charge in [0.05, 0.1) is 12.1 Å². The van der Waals surface area contributed by atoms with Crippen LogP contribution in [-0.2, 0) is 14.4 Å². The zero-order chi connectivity index (χ0) is 21.4. The number of hydrogen-bond acceptors (Lipinski definition) is 5. The number of imide groups is 1. The Kier molecular flexibility index (Phi) is 4.90. The zero-order valence-electron chi connectivity index (χ0n) is 17.1. The highest BCUT2D eigenvalue weighted by molar-refractivity contribution is 6.22. The molecule has 2 amide bonds. The maximum atomic E-state index is 13.2. The average Bonchev–Trinajstić information content (AvgIpc) is 3.47. The molecule has 1 aliphatic carbocycles. The van der Waals surface area contributed by atoms with Gasteiger partial charge in [-0.2, -0.15) is 0 Å². The number of carbonyl (C=O) groups excluding carboxylic acids is 3. The number of amides is 2. The molecule has 2 saturated heterocycles. The molecule has 5 rings (SSSR count). The van der Waals surface area contributed by atoms with E-state index in [-0.39, 0.29) is 24.0 Å². The molecule has 1 atom stereocenters. The van der Waals surface area contributed by atoms with Crippen molar-refractivity contribution in [3.8, 4) is 0 Å². The first kappa shape index (κ1) is 19.3. The van der Waals surface area contributed by atoms with Crippen LogP contribution in [0.15, 0.2) is 77.6 Å². The second-order valence-corrected chi connectivity index (χ2v) is 7.98. The van der Waals surface area contributed by atoms with Crippen molar-refractivity contribution in [3.05, 3.63) is 83.2 Å². The summed E-state index contributed by atoms with van der Waals surface area (Å²) in [5, 5.41) is 3.31. The van der Waals surface area contributed by atoms with E-state index in [4.69, 9.17) is 0 Å². The van der Waals surface area contributed by atoms with Gasteiger partial charge in [0.1, 0.15) is 11.9 Å². The van der Waals surface area contributed by atoms with Crippen molar-refractivity contribution < 1.29 is 14.4 Å². The molecule has 1 unspecified atom stereocenters. The van der Waals surface area contributed by atoms with E-state index in [0.717, 1.165) is 11.1 Å². The van der Waals surface area contributed by atoms with E-state index in [0.29, 0.717) is 43.0 Å². The second-order valence-electron chi connectivity index (χ2n) is 7.98. The van der Waals surface area contributed by atoms with Crippen molar-refractivity contribution in [1.29, 1.82) is 0 Å². The van der Waals surface area contributed by atoms with E-state index in [2.05, 4.69) is 5.32 Å². The minimum atomic E-state index is -0.583. The number of hydrogen-bond donors (Lipinski definition) is 1. The van der Waals surface area contributed by atoms with Gasteiger partial charge >= 0.3 is 0 Å². The van der Waals surface area contributed by atoms with E-state index in [1.165, 1.54) is 4.90 Å². The van der Waals surface area contributed by atoms with Gasteiger partial charge in [-0.05, 0) is 36.6 Å². The van der Waals surface area contributed by atoms with Crippen LogP contribution in [0.5, 0.6) is 0 Å². The smallest absolute Gasteiger partial charge is 0.257 e. The van der Waals surface area contributed by atoms with Gasteiger partial charge in [-0.1, -0.05) is 48.5 Å². The Bertz CT molecular complexity index is 1110. The number of nitrogens with one attached hydrogen (secondary N) is 1. The lowest BCUT2D eigenvalue weighted by Crippen LogP contribution is -2.41. The van der Waals surface area contributed by atoms with Gasteiger partial charge in [-0.25, -0.2) is 4.90 Å². The highest BCUT2D eigenvalue weighted by Gasteiger charge is 2.45. The van der Waals surface area contributed by atoms with Crippen LogP contribution in [0.3, 0.4) is 0 Å². The van der Waals surface area contributed by atoms with E-state index in [1.54, 1.807) is 12.1 Å². The number of ketones is 1. The summed E-state index contributed by atoms with van der Waals surface area (Å²) in [6.07, 6.45) is 3.37. The normalized spacial score (nSPS) is 25.1. The molecule has 2 heterocycles. The molecule has 6 nitrogen and oxygen atoms in total. The molecule has 0 spiro atoms. The second kappa shape index (κ2) is 7.87. The third kappa shape index (κ3) is 3.44. The maximum absolute atomic E-state index is 13.2. The van der Waals surface area contributed by atoms with Gasteiger partial charge in [0.25, 0.3) is 5.91 Å². The van der Waals surface area contributed by atoms with Gasteiger partial charge in [0.2, 0.25) is 5.91 Å². The van der Waals surface area contributed by atoms with Crippen LogP contribution in [0, 0.1) is 0 Å². The summed E-state index contributed by atoms with van der Waals surface area (Å²) < 4.78 is 0. The number of allylic oxidation sites excluding steroid dienone is 2. The summed E-state index contributed by atoms with van der Waals surface area (Å²) in [5.74, 6) is 0.292. The van der Waals surface area contributed by atoms with Crippen molar-refractivity contribution in [2.45, 2.75) is 25.3 Å². The van der Waals surface area contributed by atoms with E-state index < -0.39 is 6.04 Å². The molecule has 2 aromatic rings. The predicted octanol–water partition coefficient (Wildman–Crippen LogP) is 2.88. The Morgan fingerprint density at radius 1 is 0.903 bits per heavy atom. The quantitative estimate of drug-likeness (QED) is 0.619. The standard InChI is InChI=1S/C25H23N3O3/c29-22-16-21(25(31)28(22)19-9-5-2-6-10-19)27-14-13-26-24(27)20-12-11-18(23(20)30)15-17-7-3-1-4-8-17/h1-10,15,21,26H,11-14,16H2/b18-15-,24-20+. The summed E-state index contributed by atoms with van der Waals surface area (Å²) >= 11 is 0. The molecule has 2 aliphatic heterocycles. The molecular weight excluding hydrogens is 390 g/mol. The fourth-order valence-electron chi connectivity index (χ4n) is 4.60. The Labute approximate surface area is 180 Å². The SMILES string of the molecule is O=C1/C(=C\c2ccccc2)CC/C1=C1/NCCN1C1CC(=O)N(c2ccccc2)C1=O. The van der Waals surface area contributed by atoms with Crippen molar-refractivity contribution in [3.63, 3.8) is 0 Å². The minimum absolute atomic E-state index is 0.0231. The maximum Gasteiger partial charge on any atom is 0.257 e.